The van der Waals surface area contributed by atoms with E-state index in [1.165, 1.54) is 32.1 Å². The lowest BCUT2D eigenvalue weighted by Gasteiger charge is -2.44. The van der Waals surface area contributed by atoms with Crippen molar-refractivity contribution in [3.63, 3.8) is 0 Å². The lowest BCUT2D eigenvalue weighted by Crippen LogP contribution is -2.32. The van der Waals surface area contributed by atoms with Crippen molar-refractivity contribution in [1.29, 1.82) is 0 Å². The normalized spacial score (nSPS) is 37.9. The Kier molecular flexibility index (Phi) is 2.25. The maximum Gasteiger partial charge on any atom is -0.0149 e. The van der Waals surface area contributed by atoms with Gasteiger partial charge in [0.2, 0.25) is 0 Å². The van der Waals surface area contributed by atoms with Gasteiger partial charge in [0.05, 0.1) is 0 Å². The molecular weight excluding hydrogens is 156 g/mol. The number of hydrogen-bond donors (Lipinski definition) is 0. The van der Waals surface area contributed by atoms with Crippen LogP contribution < -0.4 is 0 Å². The van der Waals surface area contributed by atoms with Gasteiger partial charge in [-0.3, -0.25) is 0 Å². The Bertz CT molecular complexity index is 222. The monoisotopic (exact) mass is 178 g/mol. The minimum Gasteiger partial charge on any atom is -0.0850 e. The van der Waals surface area contributed by atoms with E-state index in [1.807, 2.05) is 0 Å². The Morgan fingerprint density at radius 3 is 2.92 bits per heavy atom. The molecule has 2 aliphatic carbocycles. The maximum atomic E-state index is 2.53. The first-order valence-electron chi connectivity index (χ1n) is 5.78. The van der Waals surface area contributed by atoms with Gasteiger partial charge in [0.25, 0.3) is 0 Å². The summed E-state index contributed by atoms with van der Waals surface area (Å²) in [4.78, 5) is 0. The van der Waals surface area contributed by atoms with Gasteiger partial charge in [0, 0.05) is 0 Å². The number of allylic oxidation sites excluding steroid dienone is 2. The number of fused-ring (bicyclic) bond motifs is 1. The third kappa shape index (κ3) is 1.68. The van der Waals surface area contributed by atoms with Crippen LogP contribution in [0.25, 0.3) is 0 Å². The van der Waals surface area contributed by atoms with Gasteiger partial charge in [-0.2, -0.15) is 0 Å². The summed E-state index contributed by atoms with van der Waals surface area (Å²) in [7, 11) is 0. The Morgan fingerprint density at radius 1 is 1.38 bits per heavy atom. The molecule has 0 spiro atoms. The molecule has 0 nitrogen and oxygen atoms in total. The second-order valence-corrected chi connectivity index (χ2v) is 5.74. The van der Waals surface area contributed by atoms with Crippen LogP contribution in [0.1, 0.15) is 52.9 Å². The molecule has 0 radical (unpaired) electrons. The molecular formula is C13H22. The molecule has 2 rings (SSSR count). The smallest absolute Gasteiger partial charge is 0.0149 e. The van der Waals surface area contributed by atoms with E-state index in [0.717, 1.165) is 11.8 Å². The quantitative estimate of drug-likeness (QED) is 0.488. The third-order valence-corrected chi connectivity index (χ3v) is 4.15. The Labute approximate surface area is 82.4 Å². The van der Waals surface area contributed by atoms with E-state index in [0.29, 0.717) is 5.41 Å². The average Bonchev–Trinajstić information content (AvgIpc) is 2.06. The van der Waals surface area contributed by atoms with Crippen molar-refractivity contribution in [2.75, 3.05) is 0 Å². The van der Waals surface area contributed by atoms with Crippen LogP contribution in [0, 0.1) is 17.3 Å². The standard InChI is InChI=1S/C13H22/c1-10-6-7-11-5-4-8-13(2,3)12(11)9-10/h5,10,12H,4,6-9H2,1-3H3. The molecule has 74 valence electrons. The average molecular weight is 178 g/mol. The number of hydrogen-bond acceptors (Lipinski definition) is 0. The van der Waals surface area contributed by atoms with E-state index in [1.54, 1.807) is 5.57 Å². The molecule has 0 aromatic heterocycles. The predicted octanol–water partition coefficient (Wildman–Crippen LogP) is 4.17. The fourth-order valence-corrected chi connectivity index (χ4v) is 3.13. The minimum absolute atomic E-state index is 0.582. The van der Waals surface area contributed by atoms with Gasteiger partial charge in [-0.15, -0.1) is 0 Å². The Balaban J connectivity index is 2.20. The van der Waals surface area contributed by atoms with Crippen LogP contribution in [0.4, 0.5) is 0 Å². The Hall–Kier alpha value is -0.260. The Morgan fingerprint density at radius 2 is 2.15 bits per heavy atom. The van der Waals surface area contributed by atoms with E-state index < -0.39 is 0 Å². The second-order valence-electron chi connectivity index (χ2n) is 5.74. The zero-order valence-electron chi connectivity index (χ0n) is 9.27. The van der Waals surface area contributed by atoms with Crippen LogP contribution >= 0.6 is 0 Å². The summed E-state index contributed by atoms with van der Waals surface area (Å²) in [5.74, 6) is 1.87. The molecule has 13 heavy (non-hydrogen) atoms. The van der Waals surface area contributed by atoms with Crippen LogP contribution in [-0.2, 0) is 0 Å². The molecule has 0 N–H and O–H groups in total. The van der Waals surface area contributed by atoms with Crippen molar-refractivity contribution < 1.29 is 0 Å². The molecule has 0 heterocycles. The van der Waals surface area contributed by atoms with Gasteiger partial charge in [0.15, 0.2) is 0 Å². The molecule has 0 heteroatoms. The minimum atomic E-state index is 0.582. The fourth-order valence-electron chi connectivity index (χ4n) is 3.13. The van der Waals surface area contributed by atoms with Crippen molar-refractivity contribution in [1.82, 2.24) is 0 Å². The zero-order valence-corrected chi connectivity index (χ0v) is 9.27. The summed E-state index contributed by atoms with van der Waals surface area (Å²) < 4.78 is 0. The highest BCUT2D eigenvalue weighted by Gasteiger charge is 2.37. The lowest BCUT2D eigenvalue weighted by atomic mass is 9.61. The first-order chi connectivity index (χ1) is 6.09. The SMILES string of the molecule is CC1CCC2=CCCC(C)(C)C2C1. The van der Waals surface area contributed by atoms with Crippen LogP contribution in [-0.4, -0.2) is 0 Å². The zero-order chi connectivity index (χ0) is 9.47. The van der Waals surface area contributed by atoms with Crippen LogP contribution in [0.2, 0.25) is 0 Å². The fraction of sp³-hybridized carbons (Fsp3) is 0.846. The first kappa shape index (κ1) is 9.30. The summed E-state index contributed by atoms with van der Waals surface area (Å²) >= 11 is 0. The van der Waals surface area contributed by atoms with E-state index >= 15 is 0 Å². The summed E-state index contributed by atoms with van der Waals surface area (Å²) in [6, 6.07) is 0. The first-order valence-corrected chi connectivity index (χ1v) is 5.78. The van der Waals surface area contributed by atoms with E-state index in [4.69, 9.17) is 0 Å². The predicted molar refractivity (Wildman–Crippen MR) is 57.6 cm³/mol. The van der Waals surface area contributed by atoms with E-state index in [-0.39, 0.29) is 0 Å². The molecule has 0 bridgehead atoms. The van der Waals surface area contributed by atoms with Gasteiger partial charge in [-0.05, 0) is 49.4 Å². The van der Waals surface area contributed by atoms with E-state index in [2.05, 4.69) is 26.8 Å². The molecule has 1 fully saturated rings. The van der Waals surface area contributed by atoms with Crippen molar-refractivity contribution in [3.8, 4) is 0 Å². The van der Waals surface area contributed by atoms with Gasteiger partial charge in [0.1, 0.15) is 0 Å². The van der Waals surface area contributed by atoms with Gasteiger partial charge < -0.3 is 0 Å². The van der Waals surface area contributed by atoms with Gasteiger partial charge in [-0.1, -0.05) is 32.4 Å². The van der Waals surface area contributed by atoms with Gasteiger partial charge >= 0.3 is 0 Å². The molecule has 0 aliphatic heterocycles. The molecule has 0 amide bonds. The maximum absolute atomic E-state index is 2.53. The highest BCUT2D eigenvalue weighted by atomic mass is 14.4. The van der Waals surface area contributed by atoms with Gasteiger partial charge in [-0.25, -0.2) is 0 Å². The van der Waals surface area contributed by atoms with Crippen molar-refractivity contribution >= 4 is 0 Å². The van der Waals surface area contributed by atoms with Crippen molar-refractivity contribution in [3.05, 3.63) is 11.6 Å². The highest BCUT2D eigenvalue weighted by Crippen LogP contribution is 2.48. The summed E-state index contributed by atoms with van der Waals surface area (Å²) in [6.07, 6.45) is 9.51. The molecule has 0 aromatic carbocycles. The molecule has 0 aromatic rings. The molecule has 2 aliphatic rings. The lowest BCUT2D eigenvalue weighted by molar-refractivity contribution is 0.157. The van der Waals surface area contributed by atoms with Crippen LogP contribution in [0.15, 0.2) is 11.6 Å². The highest BCUT2D eigenvalue weighted by molar-refractivity contribution is 5.16. The second kappa shape index (κ2) is 3.15. The van der Waals surface area contributed by atoms with Crippen LogP contribution in [0.3, 0.4) is 0 Å². The summed E-state index contributed by atoms with van der Waals surface area (Å²) in [5.41, 5.74) is 2.37. The van der Waals surface area contributed by atoms with Crippen molar-refractivity contribution in [2.24, 2.45) is 17.3 Å². The third-order valence-electron chi connectivity index (χ3n) is 4.15. The molecule has 2 atom stereocenters. The van der Waals surface area contributed by atoms with E-state index in [9.17, 15) is 0 Å². The molecule has 1 saturated carbocycles. The van der Waals surface area contributed by atoms with Crippen molar-refractivity contribution in [2.45, 2.75) is 52.9 Å². The summed E-state index contributed by atoms with van der Waals surface area (Å²) in [5, 5.41) is 0. The number of rotatable bonds is 0. The topological polar surface area (TPSA) is 0 Å². The largest absolute Gasteiger partial charge is 0.0850 e. The van der Waals surface area contributed by atoms with Crippen LogP contribution in [0.5, 0.6) is 0 Å². The molecule has 2 unspecified atom stereocenters. The molecule has 0 saturated heterocycles. The summed E-state index contributed by atoms with van der Waals surface area (Å²) in [6.45, 7) is 7.34.